The van der Waals surface area contributed by atoms with E-state index < -0.39 is 11.6 Å². The Labute approximate surface area is 111 Å². The number of carbonyl (C=O) groups is 1. The number of rotatable bonds is 5. The molecule has 0 bridgehead atoms. The van der Waals surface area contributed by atoms with Crippen molar-refractivity contribution in [3.63, 3.8) is 0 Å². The molecule has 1 fully saturated rings. The van der Waals surface area contributed by atoms with Crippen molar-refractivity contribution in [1.82, 2.24) is 10.6 Å². The van der Waals surface area contributed by atoms with Gasteiger partial charge in [-0.3, -0.25) is 4.79 Å². The first-order chi connectivity index (χ1) is 8.31. The summed E-state index contributed by atoms with van der Waals surface area (Å²) >= 11 is 0. The molecule has 18 heavy (non-hydrogen) atoms. The summed E-state index contributed by atoms with van der Waals surface area (Å²) in [4.78, 5) is 12.1. The molecule has 1 aliphatic carbocycles. The maximum atomic E-state index is 12.1. The van der Waals surface area contributed by atoms with E-state index in [0.717, 1.165) is 12.8 Å². The topological polar surface area (TPSA) is 61.4 Å². The van der Waals surface area contributed by atoms with Crippen molar-refractivity contribution in [1.29, 1.82) is 0 Å². The van der Waals surface area contributed by atoms with Crippen LogP contribution in [-0.2, 0) is 4.79 Å². The fourth-order valence-electron chi connectivity index (χ4n) is 2.56. The molecule has 0 aromatic rings. The molecular weight excluding hydrogens is 228 g/mol. The van der Waals surface area contributed by atoms with Gasteiger partial charge in [0.2, 0.25) is 5.91 Å². The predicted octanol–water partition coefficient (Wildman–Crippen LogP) is 1.57. The summed E-state index contributed by atoms with van der Waals surface area (Å²) in [5.41, 5.74) is -0.613. The van der Waals surface area contributed by atoms with E-state index in [-0.39, 0.29) is 11.4 Å². The molecule has 0 saturated heterocycles. The third kappa shape index (κ3) is 3.95. The van der Waals surface area contributed by atoms with Crippen LogP contribution in [0.3, 0.4) is 0 Å². The van der Waals surface area contributed by atoms with Crippen LogP contribution in [0.1, 0.15) is 59.3 Å². The van der Waals surface area contributed by atoms with E-state index in [1.54, 1.807) is 6.92 Å². The lowest BCUT2D eigenvalue weighted by molar-refractivity contribution is -0.125. The highest BCUT2D eigenvalue weighted by atomic mass is 16.3. The fraction of sp³-hybridized carbons (Fsp3) is 0.929. The maximum absolute atomic E-state index is 12.1. The average Bonchev–Trinajstić information content (AvgIpc) is 2.29. The Hall–Kier alpha value is -0.610. The number of hydrogen-bond donors (Lipinski definition) is 3. The molecule has 1 atom stereocenters. The lowest BCUT2D eigenvalue weighted by Gasteiger charge is -2.38. The number of hydrogen-bond acceptors (Lipinski definition) is 3. The molecule has 0 radical (unpaired) electrons. The monoisotopic (exact) mass is 256 g/mol. The second kappa shape index (κ2) is 6.02. The Bertz CT molecular complexity index is 282. The number of carbonyl (C=O) groups excluding carboxylic acids is 1. The predicted molar refractivity (Wildman–Crippen MR) is 73.4 cm³/mol. The summed E-state index contributed by atoms with van der Waals surface area (Å²) in [6.07, 6.45) is 5.71. The minimum atomic E-state index is -0.569. The van der Waals surface area contributed by atoms with E-state index in [4.69, 9.17) is 0 Å². The summed E-state index contributed by atoms with van der Waals surface area (Å²) in [5, 5.41) is 15.9. The van der Waals surface area contributed by atoms with Crippen LogP contribution < -0.4 is 10.6 Å². The highest BCUT2D eigenvalue weighted by Gasteiger charge is 2.34. The molecule has 1 aliphatic rings. The second-order valence-corrected chi connectivity index (χ2v) is 6.21. The van der Waals surface area contributed by atoms with Crippen molar-refractivity contribution in [2.75, 3.05) is 7.05 Å². The lowest BCUT2D eigenvalue weighted by Crippen LogP contribution is -2.55. The molecule has 0 heterocycles. The lowest BCUT2D eigenvalue weighted by atomic mass is 9.79. The van der Waals surface area contributed by atoms with Crippen molar-refractivity contribution in [2.24, 2.45) is 0 Å². The van der Waals surface area contributed by atoms with Gasteiger partial charge in [0.05, 0.1) is 11.6 Å². The first-order valence-corrected chi connectivity index (χ1v) is 6.99. The van der Waals surface area contributed by atoms with Crippen LogP contribution in [0.15, 0.2) is 0 Å². The van der Waals surface area contributed by atoms with E-state index in [1.165, 1.54) is 19.3 Å². The highest BCUT2D eigenvalue weighted by molar-refractivity contribution is 5.78. The van der Waals surface area contributed by atoms with E-state index in [2.05, 4.69) is 10.6 Å². The summed E-state index contributed by atoms with van der Waals surface area (Å²) in [6, 6.07) is 0. The molecule has 4 nitrogen and oxygen atoms in total. The Kier molecular flexibility index (Phi) is 5.17. The molecule has 0 aromatic heterocycles. The maximum Gasteiger partial charge on any atom is 0.222 e. The van der Waals surface area contributed by atoms with Crippen molar-refractivity contribution in [3.05, 3.63) is 0 Å². The van der Waals surface area contributed by atoms with Gasteiger partial charge in [-0.15, -0.1) is 0 Å². The van der Waals surface area contributed by atoms with E-state index in [0.29, 0.717) is 6.42 Å². The minimum Gasteiger partial charge on any atom is -0.391 e. The van der Waals surface area contributed by atoms with Gasteiger partial charge in [-0.2, -0.15) is 0 Å². The van der Waals surface area contributed by atoms with Crippen molar-refractivity contribution < 1.29 is 9.90 Å². The van der Waals surface area contributed by atoms with Gasteiger partial charge < -0.3 is 15.7 Å². The number of aliphatic hydroxyl groups is 1. The quantitative estimate of drug-likeness (QED) is 0.700. The first-order valence-electron chi connectivity index (χ1n) is 6.99. The summed E-state index contributed by atoms with van der Waals surface area (Å²) in [7, 11) is 1.94. The van der Waals surface area contributed by atoms with E-state index in [9.17, 15) is 9.90 Å². The summed E-state index contributed by atoms with van der Waals surface area (Å²) in [6.45, 7) is 5.40. The Balaban J connectivity index is 2.57. The van der Waals surface area contributed by atoms with E-state index >= 15 is 0 Å². The number of aliphatic hydroxyl groups excluding tert-OH is 1. The summed E-state index contributed by atoms with van der Waals surface area (Å²) < 4.78 is 0. The zero-order valence-corrected chi connectivity index (χ0v) is 12.2. The van der Waals surface area contributed by atoms with Crippen molar-refractivity contribution in [2.45, 2.75) is 76.5 Å². The molecule has 0 spiro atoms. The second-order valence-electron chi connectivity index (χ2n) is 6.21. The van der Waals surface area contributed by atoms with Crippen LogP contribution in [-0.4, -0.2) is 35.2 Å². The average molecular weight is 256 g/mol. The highest BCUT2D eigenvalue weighted by Crippen LogP contribution is 2.30. The van der Waals surface area contributed by atoms with Crippen LogP contribution in [0.5, 0.6) is 0 Å². The van der Waals surface area contributed by atoms with Crippen LogP contribution >= 0.6 is 0 Å². The molecule has 0 aromatic carbocycles. The summed E-state index contributed by atoms with van der Waals surface area (Å²) in [5.74, 6) is 0.0251. The van der Waals surface area contributed by atoms with Gasteiger partial charge >= 0.3 is 0 Å². The van der Waals surface area contributed by atoms with Gasteiger partial charge in [-0.1, -0.05) is 19.3 Å². The van der Waals surface area contributed by atoms with Gasteiger partial charge in [-0.05, 0) is 40.7 Å². The Morgan fingerprint density at radius 2 is 1.89 bits per heavy atom. The van der Waals surface area contributed by atoms with Crippen molar-refractivity contribution >= 4 is 5.91 Å². The Morgan fingerprint density at radius 3 is 2.33 bits per heavy atom. The molecular formula is C14H28N2O2. The molecule has 106 valence electrons. The molecule has 1 amide bonds. The zero-order chi connectivity index (χ0) is 13.8. The third-order valence-corrected chi connectivity index (χ3v) is 4.35. The fourth-order valence-corrected chi connectivity index (χ4v) is 2.56. The smallest absolute Gasteiger partial charge is 0.222 e. The largest absolute Gasteiger partial charge is 0.391 e. The Morgan fingerprint density at radius 1 is 1.33 bits per heavy atom. The minimum absolute atomic E-state index is 0.0251. The number of nitrogens with one attached hydrogen (secondary N) is 2. The van der Waals surface area contributed by atoms with Crippen molar-refractivity contribution in [3.8, 4) is 0 Å². The molecule has 1 unspecified atom stereocenters. The molecule has 3 N–H and O–H groups in total. The van der Waals surface area contributed by atoms with Crippen LogP contribution in [0.4, 0.5) is 0 Å². The molecule has 4 heteroatoms. The van der Waals surface area contributed by atoms with Gasteiger partial charge in [0.15, 0.2) is 0 Å². The van der Waals surface area contributed by atoms with Gasteiger partial charge in [0.25, 0.3) is 0 Å². The SMILES string of the molecule is CNC1(CC(=O)NC(C)(C)C(C)O)CCCCC1. The van der Waals surface area contributed by atoms with Crippen LogP contribution in [0, 0.1) is 0 Å². The normalized spacial score (nSPS) is 21.4. The molecule has 1 saturated carbocycles. The molecule has 0 aliphatic heterocycles. The number of amides is 1. The van der Waals surface area contributed by atoms with E-state index in [1.807, 2.05) is 20.9 Å². The van der Waals surface area contributed by atoms with Gasteiger partial charge in [0, 0.05) is 12.0 Å². The standard InChI is InChI=1S/C14H28N2O2/c1-11(17)13(2,3)16-12(18)10-14(15-4)8-6-5-7-9-14/h11,15,17H,5-10H2,1-4H3,(H,16,18). The van der Waals surface area contributed by atoms with Gasteiger partial charge in [0.1, 0.15) is 0 Å². The van der Waals surface area contributed by atoms with Crippen LogP contribution in [0.2, 0.25) is 0 Å². The zero-order valence-electron chi connectivity index (χ0n) is 12.2. The molecule has 1 rings (SSSR count). The third-order valence-electron chi connectivity index (χ3n) is 4.35. The van der Waals surface area contributed by atoms with Gasteiger partial charge in [-0.25, -0.2) is 0 Å². The first kappa shape index (κ1) is 15.4. The van der Waals surface area contributed by atoms with Crippen LogP contribution in [0.25, 0.3) is 0 Å².